The summed E-state index contributed by atoms with van der Waals surface area (Å²) in [6.07, 6.45) is 6.18. The lowest BCUT2D eigenvalue weighted by atomic mass is 9.91. The SMILES string of the molecule is COc1cc(C(=O)O)ccc1C(C)c1c[nH]c2ccc(NC(=O)OC3CC4CCC3C4)cc12. The van der Waals surface area contributed by atoms with Gasteiger partial charge < -0.3 is 19.6 Å². The molecular formula is C26H28N2O5. The predicted molar refractivity (Wildman–Crippen MR) is 125 cm³/mol. The number of nitrogens with one attached hydrogen (secondary N) is 2. The second-order valence-electron chi connectivity index (χ2n) is 9.23. The minimum atomic E-state index is -0.993. The van der Waals surface area contributed by atoms with Crippen molar-refractivity contribution in [3.05, 3.63) is 59.3 Å². The van der Waals surface area contributed by atoms with Crippen molar-refractivity contribution in [3.8, 4) is 5.75 Å². The standard InChI is InChI=1S/C26H28N2O5/c1-14(19-7-5-17(25(29)30)11-24(19)32-2)21-13-27-22-8-6-18(12-20(21)22)28-26(31)33-23-10-15-3-4-16(23)9-15/h5-8,11-16,23,27H,3-4,9-10H2,1-2H3,(H,28,31)(H,29,30). The molecule has 4 unspecified atom stereocenters. The summed E-state index contributed by atoms with van der Waals surface area (Å²) in [5.74, 6) is 0.707. The molecule has 33 heavy (non-hydrogen) atoms. The largest absolute Gasteiger partial charge is 0.496 e. The summed E-state index contributed by atoms with van der Waals surface area (Å²) < 4.78 is 11.2. The van der Waals surface area contributed by atoms with Crippen molar-refractivity contribution in [1.29, 1.82) is 0 Å². The zero-order valence-electron chi connectivity index (χ0n) is 18.8. The number of rotatable bonds is 6. The summed E-state index contributed by atoms with van der Waals surface area (Å²) in [7, 11) is 1.54. The molecule has 0 aliphatic heterocycles. The van der Waals surface area contributed by atoms with Crippen LogP contribution in [-0.4, -0.2) is 35.4 Å². The van der Waals surface area contributed by atoms with Crippen LogP contribution >= 0.6 is 0 Å². The van der Waals surface area contributed by atoms with Gasteiger partial charge in [-0.2, -0.15) is 0 Å². The van der Waals surface area contributed by atoms with Crippen LogP contribution in [0.1, 0.15) is 60.0 Å². The van der Waals surface area contributed by atoms with E-state index in [9.17, 15) is 14.7 Å². The normalized spacial score (nSPS) is 22.3. The highest BCUT2D eigenvalue weighted by Crippen LogP contribution is 2.46. The van der Waals surface area contributed by atoms with Gasteiger partial charge in [0.2, 0.25) is 0 Å². The number of hydrogen-bond acceptors (Lipinski definition) is 4. The van der Waals surface area contributed by atoms with E-state index in [1.807, 2.05) is 31.3 Å². The van der Waals surface area contributed by atoms with Crippen LogP contribution in [0.4, 0.5) is 10.5 Å². The first-order valence-corrected chi connectivity index (χ1v) is 11.4. The van der Waals surface area contributed by atoms with E-state index in [-0.39, 0.29) is 17.6 Å². The van der Waals surface area contributed by atoms with Gasteiger partial charge in [-0.05, 0) is 73.4 Å². The third kappa shape index (κ3) is 4.03. The molecule has 2 aromatic carbocycles. The molecule has 1 amide bonds. The maximum atomic E-state index is 12.5. The molecule has 4 atom stereocenters. The van der Waals surface area contributed by atoms with E-state index in [1.54, 1.807) is 18.2 Å². The zero-order chi connectivity index (χ0) is 23.1. The van der Waals surface area contributed by atoms with Crippen molar-refractivity contribution in [1.82, 2.24) is 4.98 Å². The lowest BCUT2D eigenvalue weighted by Crippen LogP contribution is -2.26. The number of methoxy groups -OCH3 is 1. The average Bonchev–Trinajstić information content (AvgIpc) is 3.53. The fraction of sp³-hybridized carbons (Fsp3) is 0.385. The molecule has 2 fully saturated rings. The summed E-state index contributed by atoms with van der Waals surface area (Å²) in [4.78, 5) is 27.1. The maximum Gasteiger partial charge on any atom is 0.411 e. The summed E-state index contributed by atoms with van der Waals surface area (Å²) in [5.41, 5.74) is 3.72. The number of carbonyl (C=O) groups excluding carboxylic acids is 1. The van der Waals surface area contributed by atoms with Gasteiger partial charge >= 0.3 is 12.1 Å². The Morgan fingerprint density at radius 1 is 1.12 bits per heavy atom. The van der Waals surface area contributed by atoms with Crippen molar-refractivity contribution in [3.63, 3.8) is 0 Å². The van der Waals surface area contributed by atoms with Crippen LogP contribution in [0.25, 0.3) is 10.9 Å². The van der Waals surface area contributed by atoms with Crippen LogP contribution in [-0.2, 0) is 4.74 Å². The number of fused-ring (bicyclic) bond motifs is 3. The smallest absolute Gasteiger partial charge is 0.411 e. The van der Waals surface area contributed by atoms with Gasteiger partial charge in [-0.3, -0.25) is 5.32 Å². The summed E-state index contributed by atoms with van der Waals surface area (Å²) in [6, 6.07) is 10.7. The highest BCUT2D eigenvalue weighted by atomic mass is 16.6. The molecule has 0 spiro atoms. The third-order valence-electron chi connectivity index (χ3n) is 7.31. The molecule has 5 rings (SSSR count). The number of carbonyl (C=O) groups is 2. The summed E-state index contributed by atoms with van der Waals surface area (Å²) in [5, 5.41) is 13.1. The number of aromatic carboxylic acids is 1. The average molecular weight is 449 g/mol. The fourth-order valence-electron chi connectivity index (χ4n) is 5.56. The van der Waals surface area contributed by atoms with Crippen molar-refractivity contribution >= 4 is 28.7 Å². The molecule has 0 saturated heterocycles. The number of ether oxygens (including phenoxy) is 2. The Labute approximate surface area is 192 Å². The van der Waals surface area contributed by atoms with Gasteiger partial charge in [-0.25, -0.2) is 9.59 Å². The predicted octanol–water partition coefficient (Wildman–Crippen LogP) is 5.76. The lowest BCUT2D eigenvalue weighted by molar-refractivity contribution is 0.0695. The number of anilines is 1. The minimum Gasteiger partial charge on any atom is -0.496 e. The third-order valence-corrected chi connectivity index (χ3v) is 7.31. The van der Waals surface area contributed by atoms with E-state index in [0.717, 1.165) is 40.8 Å². The van der Waals surface area contributed by atoms with E-state index < -0.39 is 12.1 Å². The number of benzene rings is 2. The first-order chi connectivity index (χ1) is 15.9. The Hall–Kier alpha value is -3.48. The van der Waals surface area contributed by atoms with Crippen LogP contribution < -0.4 is 10.1 Å². The van der Waals surface area contributed by atoms with E-state index in [4.69, 9.17) is 9.47 Å². The number of carboxylic acid groups (broad SMARTS) is 1. The van der Waals surface area contributed by atoms with Crippen LogP contribution in [0.5, 0.6) is 5.75 Å². The Bertz CT molecular complexity index is 1220. The molecule has 2 bridgehead atoms. The molecule has 3 N–H and O–H groups in total. The first kappa shape index (κ1) is 21.4. The molecule has 1 heterocycles. The molecule has 0 radical (unpaired) electrons. The Morgan fingerprint density at radius 2 is 1.97 bits per heavy atom. The maximum absolute atomic E-state index is 12.5. The second kappa shape index (κ2) is 8.46. The van der Waals surface area contributed by atoms with Gasteiger partial charge in [0.1, 0.15) is 11.9 Å². The molecule has 1 aromatic heterocycles. The van der Waals surface area contributed by atoms with Gasteiger partial charge in [-0.1, -0.05) is 13.0 Å². The van der Waals surface area contributed by atoms with Gasteiger partial charge in [0.05, 0.1) is 12.7 Å². The highest BCUT2D eigenvalue weighted by molar-refractivity contribution is 5.92. The minimum absolute atomic E-state index is 0.0385. The van der Waals surface area contributed by atoms with Crippen molar-refractivity contribution in [2.24, 2.45) is 11.8 Å². The van der Waals surface area contributed by atoms with Gasteiger partial charge in [0.25, 0.3) is 0 Å². The molecule has 2 aliphatic rings. The molecule has 2 saturated carbocycles. The molecule has 7 nitrogen and oxygen atoms in total. The summed E-state index contributed by atoms with van der Waals surface area (Å²) in [6.45, 7) is 2.05. The molecular weight excluding hydrogens is 420 g/mol. The number of aromatic amines is 1. The van der Waals surface area contributed by atoms with Crippen LogP contribution in [0, 0.1) is 11.8 Å². The molecule has 2 aliphatic carbocycles. The lowest BCUT2D eigenvalue weighted by Gasteiger charge is -2.22. The van der Waals surface area contributed by atoms with Crippen LogP contribution in [0.2, 0.25) is 0 Å². The van der Waals surface area contributed by atoms with E-state index in [2.05, 4.69) is 10.3 Å². The van der Waals surface area contributed by atoms with Gasteiger partial charge in [0, 0.05) is 34.3 Å². The Kier molecular flexibility index (Phi) is 5.48. The van der Waals surface area contributed by atoms with Gasteiger partial charge in [0.15, 0.2) is 0 Å². The van der Waals surface area contributed by atoms with Crippen molar-refractivity contribution in [2.45, 2.75) is 44.6 Å². The number of carboxylic acids is 1. The van der Waals surface area contributed by atoms with Crippen LogP contribution in [0.15, 0.2) is 42.6 Å². The Balaban J connectivity index is 1.37. The van der Waals surface area contributed by atoms with E-state index in [1.165, 1.54) is 20.0 Å². The van der Waals surface area contributed by atoms with E-state index in [0.29, 0.717) is 17.4 Å². The number of H-pyrrole nitrogens is 1. The van der Waals surface area contributed by atoms with Crippen LogP contribution in [0.3, 0.4) is 0 Å². The number of aromatic nitrogens is 1. The molecule has 3 aromatic rings. The topological polar surface area (TPSA) is 101 Å². The molecule has 172 valence electrons. The number of amides is 1. The number of hydrogen-bond donors (Lipinski definition) is 3. The van der Waals surface area contributed by atoms with Crippen molar-refractivity contribution in [2.75, 3.05) is 12.4 Å². The summed E-state index contributed by atoms with van der Waals surface area (Å²) >= 11 is 0. The second-order valence-corrected chi connectivity index (χ2v) is 9.23. The quantitative estimate of drug-likeness (QED) is 0.445. The first-order valence-electron chi connectivity index (χ1n) is 11.4. The van der Waals surface area contributed by atoms with E-state index >= 15 is 0 Å². The monoisotopic (exact) mass is 448 g/mol. The van der Waals surface area contributed by atoms with Crippen molar-refractivity contribution < 1.29 is 24.2 Å². The zero-order valence-corrected chi connectivity index (χ0v) is 18.8. The fourth-order valence-corrected chi connectivity index (χ4v) is 5.56. The van der Waals surface area contributed by atoms with Gasteiger partial charge in [-0.15, -0.1) is 0 Å². The highest BCUT2D eigenvalue weighted by Gasteiger charge is 2.41. The molecule has 7 heteroatoms. The Morgan fingerprint density at radius 3 is 2.67 bits per heavy atom.